The molecule has 3 heteroatoms. The maximum Gasteiger partial charge on any atom is 0.105 e. The third-order valence-corrected chi connectivity index (χ3v) is 7.15. The van der Waals surface area contributed by atoms with Crippen LogP contribution in [-0.4, -0.2) is 33.6 Å². The van der Waals surface area contributed by atoms with Gasteiger partial charge in [0, 0.05) is 0 Å². The van der Waals surface area contributed by atoms with Crippen LogP contribution in [0.4, 0.5) is 0 Å². The summed E-state index contributed by atoms with van der Waals surface area (Å²) < 4.78 is 0. The Morgan fingerprint density at radius 2 is 1.96 bits per heavy atom. The van der Waals surface area contributed by atoms with Crippen molar-refractivity contribution >= 4 is 0 Å². The predicted octanol–water partition coefficient (Wildman–Crippen LogP) is 3.67. The van der Waals surface area contributed by atoms with E-state index in [9.17, 15) is 10.2 Å². The zero-order valence-corrected chi connectivity index (χ0v) is 15.4. The van der Waals surface area contributed by atoms with Gasteiger partial charge < -0.3 is 15.3 Å². The van der Waals surface area contributed by atoms with Crippen molar-refractivity contribution in [3.05, 3.63) is 12.2 Å². The molecule has 2 unspecified atom stereocenters. The SMILES string of the molecule is C=C1CCC2C(C)(C)CCC[C@]2(C)[C@H]1CCC(C)(O)[C@@H](O)CO. The number of fused-ring (bicyclic) bond motifs is 1. The maximum absolute atomic E-state index is 10.4. The van der Waals surface area contributed by atoms with Crippen molar-refractivity contribution in [2.24, 2.45) is 22.7 Å². The summed E-state index contributed by atoms with van der Waals surface area (Å²) in [5.74, 6) is 1.10. The van der Waals surface area contributed by atoms with Crippen molar-refractivity contribution in [1.82, 2.24) is 0 Å². The van der Waals surface area contributed by atoms with Gasteiger partial charge in [-0.25, -0.2) is 0 Å². The summed E-state index contributed by atoms with van der Waals surface area (Å²) in [6, 6.07) is 0. The molecule has 2 saturated carbocycles. The fourth-order valence-corrected chi connectivity index (χ4v) is 5.61. The van der Waals surface area contributed by atoms with Crippen LogP contribution in [0.2, 0.25) is 0 Å². The lowest BCUT2D eigenvalue weighted by molar-refractivity contribution is -0.0997. The molecule has 2 fully saturated rings. The van der Waals surface area contributed by atoms with E-state index >= 15 is 0 Å². The quantitative estimate of drug-likeness (QED) is 0.676. The summed E-state index contributed by atoms with van der Waals surface area (Å²) in [6.45, 7) is 12.8. The third-order valence-electron chi connectivity index (χ3n) is 7.15. The molecule has 0 spiro atoms. The molecule has 2 rings (SSSR count). The first-order valence-electron chi connectivity index (χ1n) is 9.23. The first kappa shape index (κ1) is 19.0. The van der Waals surface area contributed by atoms with Gasteiger partial charge in [0.2, 0.25) is 0 Å². The Morgan fingerprint density at radius 3 is 2.57 bits per heavy atom. The molecule has 0 aliphatic heterocycles. The summed E-state index contributed by atoms with van der Waals surface area (Å²) in [5.41, 5.74) is 0.703. The minimum absolute atomic E-state index is 0.247. The summed E-state index contributed by atoms with van der Waals surface area (Å²) in [7, 11) is 0. The van der Waals surface area contributed by atoms with Crippen LogP contribution in [-0.2, 0) is 0 Å². The molecule has 0 aromatic carbocycles. The van der Waals surface area contributed by atoms with Crippen LogP contribution in [0.15, 0.2) is 12.2 Å². The summed E-state index contributed by atoms with van der Waals surface area (Å²) in [5, 5.41) is 29.4. The topological polar surface area (TPSA) is 60.7 Å². The number of hydrogen-bond acceptors (Lipinski definition) is 3. The lowest BCUT2D eigenvalue weighted by Gasteiger charge is -2.58. The molecule has 0 saturated heterocycles. The zero-order chi connectivity index (χ0) is 17.5. The fourth-order valence-electron chi connectivity index (χ4n) is 5.61. The van der Waals surface area contributed by atoms with Crippen LogP contribution in [0.3, 0.4) is 0 Å². The summed E-state index contributed by atoms with van der Waals surface area (Å²) in [4.78, 5) is 0. The van der Waals surface area contributed by atoms with Gasteiger partial charge in [-0.05, 0) is 68.1 Å². The molecular weight excluding hydrogens is 288 g/mol. The molecule has 134 valence electrons. The molecule has 5 atom stereocenters. The van der Waals surface area contributed by atoms with Crippen molar-refractivity contribution in [1.29, 1.82) is 0 Å². The van der Waals surface area contributed by atoms with Gasteiger partial charge >= 0.3 is 0 Å². The minimum atomic E-state index is -1.23. The molecule has 3 nitrogen and oxygen atoms in total. The molecule has 2 aliphatic carbocycles. The monoisotopic (exact) mass is 324 g/mol. The zero-order valence-electron chi connectivity index (χ0n) is 15.4. The fraction of sp³-hybridized carbons (Fsp3) is 0.900. The normalized spacial score (nSPS) is 37.8. The second-order valence-electron chi connectivity index (χ2n) is 9.24. The van der Waals surface area contributed by atoms with Crippen molar-refractivity contribution < 1.29 is 15.3 Å². The Labute approximate surface area is 141 Å². The van der Waals surface area contributed by atoms with Crippen molar-refractivity contribution in [3.63, 3.8) is 0 Å². The number of rotatable bonds is 5. The highest BCUT2D eigenvalue weighted by molar-refractivity contribution is 5.16. The van der Waals surface area contributed by atoms with E-state index in [1.165, 1.54) is 31.3 Å². The molecule has 0 heterocycles. The third kappa shape index (κ3) is 3.52. The van der Waals surface area contributed by atoms with Crippen molar-refractivity contribution in [2.75, 3.05) is 6.61 Å². The second-order valence-corrected chi connectivity index (χ2v) is 9.24. The van der Waals surface area contributed by atoms with E-state index in [2.05, 4.69) is 27.4 Å². The molecule has 2 aliphatic rings. The van der Waals surface area contributed by atoms with E-state index in [4.69, 9.17) is 5.11 Å². The Morgan fingerprint density at radius 1 is 1.30 bits per heavy atom. The van der Waals surface area contributed by atoms with Gasteiger partial charge in [-0.2, -0.15) is 0 Å². The average Bonchev–Trinajstić information content (AvgIpc) is 2.44. The van der Waals surface area contributed by atoms with Gasteiger partial charge in [0.05, 0.1) is 12.2 Å². The van der Waals surface area contributed by atoms with Crippen LogP contribution in [0.5, 0.6) is 0 Å². The first-order valence-corrected chi connectivity index (χ1v) is 9.23. The van der Waals surface area contributed by atoms with Crippen LogP contribution >= 0.6 is 0 Å². The van der Waals surface area contributed by atoms with Crippen molar-refractivity contribution in [2.45, 2.75) is 84.3 Å². The van der Waals surface area contributed by atoms with E-state index in [0.717, 1.165) is 12.8 Å². The Kier molecular flexibility index (Phi) is 5.35. The van der Waals surface area contributed by atoms with Gasteiger partial charge in [-0.3, -0.25) is 0 Å². The first-order chi connectivity index (χ1) is 10.5. The Balaban J connectivity index is 2.17. The maximum atomic E-state index is 10.4. The molecule has 23 heavy (non-hydrogen) atoms. The van der Waals surface area contributed by atoms with Crippen LogP contribution in [0.25, 0.3) is 0 Å². The van der Waals surface area contributed by atoms with Crippen LogP contribution in [0.1, 0.15) is 72.6 Å². The highest BCUT2D eigenvalue weighted by atomic mass is 16.4. The molecule has 0 radical (unpaired) electrons. The van der Waals surface area contributed by atoms with E-state index < -0.39 is 18.3 Å². The van der Waals surface area contributed by atoms with E-state index in [-0.39, 0.29) is 5.41 Å². The van der Waals surface area contributed by atoms with Gasteiger partial charge in [0.1, 0.15) is 6.10 Å². The van der Waals surface area contributed by atoms with E-state index in [0.29, 0.717) is 23.7 Å². The highest BCUT2D eigenvalue weighted by Crippen LogP contribution is 2.61. The molecular formula is C20H36O3. The standard InChI is InChI=1S/C20H36O3/c1-14-7-8-16-18(2,3)10-6-11-19(16,4)15(14)9-12-20(5,23)17(22)13-21/h15-17,21-23H,1,6-13H2,2-5H3/t15-,16?,17-,19+,20?/m0/s1. The largest absolute Gasteiger partial charge is 0.394 e. The van der Waals surface area contributed by atoms with Gasteiger partial charge in [-0.1, -0.05) is 39.3 Å². The lowest BCUT2D eigenvalue weighted by Crippen LogP contribution is -2.50. The average molecular weight is 325 g/mol. The van der Waals surface area contributed by atoms with Gasteiger partial charge in [0.15, 0.2) is 0 Å². The lowest BCUT2D eigenvalue weighted by atomic mass is 9.47. The smallest absolute Gasteiger partial charge is 0.105 e. The molecule has 0 aromatic heterocycles. The molecule has 0 amide bonds. The van der Waals surface area contributed by atoms with E-state index in [1.54, 1.807) is 6.92 Å². The Hall–Kier alpha value is -0.380. The number of aliphatic hydroxyl groups is 3. The van der Waals surface area contributed by atoms with Crippen LogP contribution < -0.4 is 0 Å². The Bertz CT molecular complexity index is 440. The second kappa shape index (κ2) is 6.50. The molecule has 0 aromatic rings. The summed E-state index contributed by atoms with van der Waals surface area (Å²) in [6.07, 6.45) is 6.37. The number of hydrogen-bond donors (Lipinski definition) is 3. The number of allylic oxidation sites excluding steroid dienone is 1. The highest BCUT2D eigenvalue weighted by Gasteiger charge is 2.52. The molecule has 3 N–H and O–H groups in total. The predicted molar refractivity (Wildman–Crippen MR) is 94.0 cm³/mol. The molecule has 0 bridgehead atoms. The van der Waals surface area contributed by atoms with Gasteiger partial charge in [-0.15, -0.1) is 0 Å². The van der Waals surface area contributed by atoms with Crippen LogP contribution in [0, 0.1) is 22.7 Å². The minimum Gasteiger partial charge on any atom is -0.394 e. The number of aliphatic hydroxyl groups excluding tert-OH is 2. The van der Waals surface area contributed by atoms with Crippen molar-refractivity contribution in [3.8, 4) is 0 Å². The summed E-state index contributed by atoms with van der Waals surface area (Å²) >= 11 is 0. The van der Waals surface area contributed by atoms with E-state index in [1.807, 2.05) is 0 Å². The van der Waals surface area contributed by atoms with Gasteiger partial charge in [0.25, 0.3) is 0 Å².